The van der Waals surface area contributed by atoms with Crippen molar-refractivity contribution in [2.75, 3.05) is 33.0 Å². The SMILES string of the molecule is CC(=O)N1CCC[C@H]1C(=O)N[C@@H]1COC(=O)c2ccccc2CS(=O)C[C@H](C(=O)N(C)C)NC1=O. The zero-order valence-corrected chi connectivity index (χ0v) is 20.8. The Labute approximate surface area is 206 Å². The molecule has 0 spiro atoms. The normalized spacial score (nSPS) is 25.3. The van der Waals surface area contributed by atoms with Gasteiger partial charge in [-0.3, -0.25) is 23.4 Å². The number of nitrogens with zero attached hydrogens (tertiary/aromatic N) is 2. The number of likely N-dealkylation sites (tertiary alicyclic amines) is 1. The number of rotatable bonds is 3. The predicted molar refractivity (Wildman–Crippen MR) is 126 cm³/mol. The maximum atomic E-state index is 13.1. The summed E-state index contributed by atoms with van der Waals surface area (Å²) in [4.78, 5) is 66.1. The van der Waals surface area contributed by atoms with E-state index in [2.05, 4.69) is 10.6 Å². The van der Waals surface area contributed by atoms with Crippen LogP contribution in [0.4, 0.5) is 0 Å². The summed E-state index contributed by atoms with van der Waals surface area (Å²) in [7, 11) is 1.43. The number of carbonyl (C=O) groups is 5. The van der Waals surface area contributed by atoms with Crippen molar-refractivity contribution in [3.8, 4) is 0 Å². The zero-order valence-electron chi connectivity index (χ0n) is 19.9. The third kappa shape index (κ3) is 6.44. The van der Waals surface area contributed by atoms with Gasteiger partial charge in [0, 0.05) is 44.1 Å². The molecule has 2 heterocycles. The van der Waals surface area contributed by atoms with E-state index in [1.54, 1.807) is 18.2 Å². The van der Waals surface area contributed by atoms with Gasteiger partial charge < -0.3 is 25.2 Å². The smallest absolute Gasteiger partial charge is 0.338 e. The number of benzene rings is 1. The minimum absolute atomic E-state index is 0.00107. The quantitative estimate of drug-likeness (QED) is 0.510. The maximum Gasteiger partial charge on any atom is 0.338 e. The van der Waals surface area contributed by atoms with Gasteiger partial charge in [0.1, 0.15) is 24.7 Å². The van der Waals surface area contributed by atoms with E-state index >= 15 is 0 Å². The van der Waals surface area contributed by atoms with Crippen molar-refractivity contribution in [2.24, 2.45) is 0 Å². The summed E-state index contributed by atoms with van der Waals surface area (Å²) < 4.78 is 18.2. The number of amides is 4. The van der Waals surface area contributed by atoms with Gasteiger partial charge in [-0.15, -0.1) is 0 Å². The third-order valence-electron chi connectivity index (χ3n) is 5.94. The van der Waals surface area contributed by atoms with E-state index in [-0.39, 0.29) is 23.0 Å². The first-order valence-electron chi connectivity index (χ1n) is 11.3. The summed E-state index contributed by atoms with van der Waals surface area (Å²) in [5, 5.41) is 5.12. The Morgan fingerprint density at radius 3 is 2.60 bits per heavy atom. The molecule has 0 aromatic heterocycles. The van der Waals surface area contributed by atoms with Crippen molar-refractivity contribution in [2.45, 2.75) is 43.6 Å². The van der Waals surface area contributed by atoms with Crippen LogP contribution in [0.25, 0.3) is 0 Å². The van der Waals surface area contributed by atoms with Gasteiger partial charge in [0.05, 0.1) is 11.3 Å². The first-order chi connectivity index (χ1) is 16.6. The third-order valence-corrected chi connectivity index (χ3v) is 7.27. The van der Waals surface area contributed by atoms with E-state index in [4.69, 9.17) is 4.74 Å². The van der Waals surface area contributed by atoms with Crippen LogP contribution in [0, 0.1) is 0 Å². The Kier molecular flexibility index (Phi) is 8.60. The first-order valence-corrected chi connectivity index (χ1v) is 12.8. The predicted octanol–water partition coefficient (Wildman–Crippen LogP) is -0.826. The zero-order chi connectivity index (χ0) is 25.7. The first kappa shape index (κ1) is 26.3. The van der Waals surface area contributed by atoms with Crippen molar-refractivity contribution < 1.29 is 32.9 Å². The molecule has 4 atom stereocenters. The fourth-order valence-electron chi connectivity index (χ4n) is 4.13. The second-order valence-corrected chi connectivity index (χ2v) is 10.2. The van der Waals surface area contributed by atoms with Gasteiger partial charge in [-0.05, 0) is 24.5 Å². The van der Waals surface area contributed by atoms with Crippen LogP contribution in [0.3, 0.4) is 0 Å². The second-order valence-electron chi connectivity index (χ2n) is 8.73. The minimum atomic E-state index is -1.59. The fourth-order valence-corrected chi connectivity index (χ4v) is 5.44. The number of likely N-dealkylation sites (N-methyl/N-ethyl adjacent to an activating group) is 1. The van der Waals surface area contributed by atoms with Crippen molar-refractivity contribution in [1.82, 2.24) is 20.4 Å². The van der Waals surface area contributed by atoms with Crippen molar-refractivity contribution in [1.29, 1.82) is 0 Å². The average Bonchev–Trinajstić information content (AvgIpc) is 3.30. The molecule has 0 radical (unpaired) electrons. The Balaban J connectivity index is 1.90. The van der Waals surface area contributed by atoms with Gasteiger partial charge in [-0.2, -0.15) is 0 Å². The Morgan fingerprint density at radius 2 is 1.91 bits per heavy atom. The Hall–Kier alpha value is -3.28. The van der Waals surface area contributed by atoms with Crippen LogP contribution in [-0.2, 0) is 40.5 Å². The van der Waals surface area contributed by atoms with Crippen LogP contribution >= 0.6 is 0 Å². The lowest BCUT2D eigenvalue weighted by Gasteiger charge is -2.27. The lowest BCUT2D eigenvalue weighted by atomic mass is 10.1. The lowest BCUT2D eigenvalue weighted by Crippen LogP contribution is -2.58. The monoisotopic (exact) mass is 506 g/mol. The molecule has 0 saturated carbocycles. The number of carbonyl (C=O) groups excluding carboxylic acids is 5. The molecular weight excluding hydrogens is 476 g/mol. The van der Waals surface area contributed by atoms with Gasteiger partial charge in [-0.1, -0.05) is 18.2 Å². The van der Waals surface area contributed by atoms with Crippen LogP contribution in [0.1, 0.15) is 35.7 Å². The summed E-state index contributed by atoms with van der Waals surface area (Å²) in [5.41, 5.74) is 0.684. The molecule has 35 heavy (non-hydrogen) atoms. The number of esters is 1. The van der Waals surface area contributed by atoms with Gasteiger partial charge in [-0.25, -0.2) is 4.79 Å². The van der Waals surface area contributed by atoms with Crippen LogP contribution in [-0.4, -0.2) is 94.7 Å². The van der Waals surface area contributed by atoms with Crippen LogP contribution in [0.2, 0.25) is 0 Å². The standard InChI is InChI=1S/C23H30N4O7S/c1-14(28)27-10-6-9-19(27)21(30)24-17-11-34-23(32)16-8-5-4-7-15(16)12-35(33)13-18(25-20(17)29)22(31)26(2)3/h4-5,7-8,17-19H,6,9-13H2,1-3H3,(H,24,30)(H,25,29)/t17-,18-,19+,35?/m1/s1. The van der Waals surface area contributed by atoms with Gasteiger partial charge in [0.25, 0.3) is 0 Å². The highest BCUT2D eigenvalue weighted by Gasteiger charge is 2.36. The highest BCUT2D eigenvalue weighted by molar-refractivity contribution is 7.84. The summed E-state index contributed by atoms with van der Waals surface area (Å²) in [5.74, 6) is -2.93. The second kappa shape index (κ2) is 11.4. The summed E-state index contributed by atoms with van der Waals surface area (Å²) in [6.07, 6.45) is 1.08. The average molecular weight is 507 g/mol. The molecule has 0 bridgehead atoms. The topological polar surface area (TPSA) is 142 Å². The molecule has 3 rings (SSSR count). The van der Waals surface area contributed by atoms with Crippen LogP contribution < -0.4 is 10.6 Å². The van der Waals surface area contributed by atoms with E-state index in [1.807, 2.05) is 0 Å². The van der Waals surface area contributed by atoms with E-state index in [9.17, 15) is 28.2 Å². The molecule has 1 aromatic carbocycles. The highest BCUT2D eigenvalue weighted by Crippen LogP contribution is 2.18. The lowest BCUT2D eigenvalue weighted by molar-refractivity contribution is -0.139. The van der Waals surface area contributed by atoms with Crippen LogP contribution in [0.5, 0.6) is 0 Å². The molecule has 4 amide bonds. The van der Waals surface area contributed by atoms with Gasteiger partial charge in [0.15, 0.2) is 0 Å². The summed E-state index contributed by atoms with van der Waals surface area (Å²) in [6, 6.07) is 3.33. The summed E-state index contributed by atoms with van der Waals surface area (Å²) >= 11 is 0. The highest BCUT2D eigenvalue weighted by atomic mass is 32.2. The maximum absolute atomic E-state index is 13.1. The molecule has 1 unspecified atom stereocenters. The molecule has 1 fully saturated rings. The number of hydrogen-bond donors (Lipinski definition) is 2. The minimum Gasteiger partial charge on any atom is -0.459 e. The van der Waals surface area contributed by atoms with Gasteiger partial charge >= 0.3 is 5.97 Å². The molecule has 1 saturated heterocycles. The van der Waals surface area contributed by atoms with E-state index in [1.165, 1.54) is 36.9 Å². The molecule has 2 N–H and O–H groups in total. The van der Waals surface area contributed by atoms with E-state index in [0.717, 1.165) is 0 Å². The van der Waals surface area contributed by atoms with Crippen molar-refractivity contribution >= 4 is 40.4 Å². The molecule has 2 aliphatic heterocycles. The van der Waals surface area contributed by atoms with Crippen LogP contribution in [0.15, 0.2) is 24.3 Å². The molecule has 1 aromatic rings. The molecular formula is C23H30N4O7S. The molecule has 190 valence electrons. The van der Waals surface area contributed by atoms with E-state index < -0.39 is 59.2 Å². The van der Waals surface area contributed by atoms with Crippen molar-refractivity contribution in [3.63, 3.8) is 0 Å². The molecule has 11 nitrogen and oxygen atoms in total. The number of ether oxygens (including phenoxy) is 1. The van der Waals surface area contributed by atoms with Gasteiger partial charge in [0.2, 0.25) is 23.6 Å². The summed E-state index contributed by atoms with van der Waals surface area (Å²) in [6.45, 7) is 1.32. The van der Waals surface area contributed by atoms with E-state index in [0.29, 0.717) is 24.9 Å². The fraction of sp³-hybridized carbons (Fsp3) is 0.522. The number of hydrogen-bond acceptors (Lipinski definition) is 7. The Morgan fingerprint density at radius 1 is 1.20 bits per heavy atom. The number of cyclic esters (lactones) is 1. The molecule has 2 aliphatic rings. The largest absolute Gasteiger partial charge is 0.459 e. The molecule has 12 heteroatoms. The number of nitrogens with one attached hydrogen (secondary N) is 2. The molecule has 0 aliphatic carbocycles. The Bertz CT molecular complexity index is 1040. The van der Waals surface area contributed by atoms with Crippen molar-refractivity contribution in [3.05, 3.63) is 35.4 Å². The number of fused-ring (bicyclic) bond motifs is 1.